The number of piperazine rings is 1. The molecule has 5 aliphatic heterocycles. The molecule has 15 nitrogen and oxygen atoms in total. The van der Waals surface area contributed by atoms with Crippen molar-refractivity contribution in [1.29, 1.82) is 0 Å². The molecule has 7 heterocycles. The number of fused-ring (bicyclic) bond motifs is 8. The summed E-state index contributed by atoms with van der Waals surface area (Å²) in [5.74, 6) is -0.635. The molecule has 2 N–H and O–H groups in total. The van der Waals surface area contributed by atoms with Gasteiger partial charge in [0.2, 0.25) is 23.7 Å². The Labute approximate surface area is 341 Å². The van der Waals surface area contributed by atoms with Gasteiger partial charge in [0.15, 0.2) is 0 Å². The summed E-state index contributed by atoms with van der Waals surface area (Å²) >= 11 is 0. The number of guanidine groups is 1. The Morgan fingerprint density at radius 1 is 0.932 bits per heavy atom. The first-order chi connectivity index (χ1) is 28.5. The summed E-state index contributed by atoms with van der Waals surface area (Å²) < 4.78 is 23.8. The lowest BCUT2D eigenvalue weighted by molar-refractivity contribution is -0.136. The van der Waals surface area contributed by atoms with Crippen LogP contribution < -0.4 is 20.3 Å². The summed E-state index contributed by atoms with van der Waals surface area (Å²) in [6.45, 7) is 9.47. The summed E-state index contributed by atoms with van der Waals surface area (Å²) in [7, 11) is 1.84. The largest absolute Gasteiger partial charge is 0.477 e. The number of rotatable bonds is 5. The topological polar surface area (TPSA) is 158 Å². The number of aliphatic imine (C=N–C) groups is 1. The van der Waals surface area contributed by atoms with Crippen molar-refractivity contribution in [2.24, 2.45) is 18.0 Å². The maximum Gasteiger partial charge on any atom is 0.280 e. The number of nitrogens with zero attached hydrogens (tertiary/aromatic N) is 8. The molecule has 0 saturated carbocycles. The number of hydrogen-bond donors (Lipinski definition) is 2. The third kappa shape index (κ3) is 7.58. The van der Waals surface area contributed by atoms with E-state index in [1.54, 1.807) is 35.1 Å². The van der Waals surface area contributed by atoms with E-state index in [0.29, 0.717) is 59.6 Å². The first kappa shape index (κ1) is 38.5. The number of ether oxygens (including phenoxy) is 1. The van der Waals surface area contributed by atoms with E-state index in [1.165, 1.54) is 4.90 Å². The number of pyridine rings is 1. The van der Waals surface area contributed by atoms with Crippen molar-refractivity contribution in [1.82, 2.24) is 34.8 Å². The Kier molecular flexibility index (Phi) is 10.2. The van der Waals surface area contributed by atoms with E-state index in [1.807, 2.05) is 14.0 Å². The highest BCUT2D eigenvalue weighted by Gasteiger charge is 2.40. The molecule has 5 aliphatic rings. The molecule has 9 rings (SSSR count). The van der Waals surface area contributed by atoms with Gasteiger partial charge in [-0.25, -0.2) is 9.07 Å². The van der Waals surface area contributed by atoms with Crippen LogP contribution in [0.5, 0.6) is 5.88 Å². The van der Waals surface area contributed by atoms with Gasteiger partial charge in [0.05, 0.1) is 42.0 Å². The van der Waals surface area contributed by atoms with E-state index in [2.05, 4.69) is 60.5 Å². The summed E-state index contributed by atoms with van der Waals surface area (Å²) in [6, 6.07) is 12.4. The van der Waals surface area contributed by atoms with Gasteiger partial charge < -0.3 is 19.9 Å². The molecular formula is C43H47FN10O5. The van der Waals surface area contributed by atoms with Gasteiger partial charge in [-0.2, -0.15) is 10.1 Å². The van der Waals surface area contributed by atoms with Crippen molar-refractivity contribution >= 4 is 41.0 Å². The van der Waals surface area contributed by atoms with E-state index in [4.69, 9.17) is 9.72 Å². The Bertz CT molecular complexity index is 2410. The molecule has 2 aromatic heterocycles. The minimum atomic E-state index is -0.784. The van der Waals surface area contributed by atoms with E-state index < -0.39 is 17.8 Å². The SMILES string of the molecule is Cc1cc2cc(n1)-c1cnn(C)c1OCCC[C@@H](C)CN1/C(=N/C2=O)Nc2ccc(CN3CCN(Cc4ccc5c(c4F)CN(C4CCC(=O)NC4=O)C5=O)CC3)cc21. The number of amides is 4. The molecule has 2 saturated heterocycles. The second-order valence-corrected chi connectivity index (χ2v) is 16.3. The van der Waals surface area contributed by atoms with E-state index in [9.17, 15) is 19.2 Å². The lowest BCUT2D eigenvalue weighted by atomic mass is 10.0. The van der Waals surface area contributed by atoms with E-state index >= 15 is 4.39 Å². The number of imide groups is 1. The highest BCUT2D eigenvalue weighted by molar-refractivity contribution is 6.19. The monoisotopic (exact) mass is 802 g/mol. The Morgan fingerprint density at radius 2 is 1.73 bits per heavy atom. The average molecular weight is 803 g/mol. The Balaban J connectivity index is 0.868. The standard InChI is InChI=1S/C43H47FN10O5/c1-25-5-4-16-59-42-31(20-45-50(42)3)34-19-29(17-26(2)46-34)39(56)49-43-47-33-9-6-27(18-36(33)54(43)21-25)22-51-12-14-52(15-13-51)23-28-7-8-30-32(38(28)44)24-53(41(30)58)35-10-11-37(55)48-40(35)57/h6-9,17-20,25,35H,4-5,10-16,21-24H2,1-3H3,(H,47,49,56)(H,48,55,57)/t25-,35?/m1/s1. The zero-order valence-corrected chi connectivity index (χ0v) is 33.5. The Hall–Kier alpha value is -6.00. The van der Waals surface area contributed by atoms with Crippen LogP contribution in [0, 0.1) is 18.7 Å². The smallest absolute Gasteiger partial charge is 0.280 e. The summed E-state index contributed by atoms with van der Waals surface area (Å²) in [6.07, 6.45) is 3.85. The summed E-state index contributed by atoms with van der Waals surface area (Å²) in [5, 5.41) is 10.1. The zero-order valence-electron chi connectivity index (χ0n) is 33.5. The highest BCUT2D eigenvalue weighted by Crippen LogP contribution is 2.36. The number of carbonyl (C=O) groups is 4. The van der Waals surface area contributed by atoms with Crippen LogP contribution in [-0.2, 0) is 36.3 Å². The molecular weight excluding hydrogens is 756 g/mol. The van der Waals surface area contributed by atoms with Crippen LogP contribution in [-0.4, -0.2) is 104 Å². The molecule has 16 heteroatoms. The molecule has 0 aliphatic carbocycles. The van der Waals surface area contributed by atoms with Crippen LogP contribution in [0.25, 0.3) is 11.3 Å². The number of benzene rings is 2. The van der Waals surface area contributed by atoms with Crippen molar-refractivity contribution in [2.75, 3.05) is 49.5 Å². The molecule has 0 spiro atoms. The number of piperidine rings is 1. The molecule has 59 heavy (non-hydrogen) atoms. The van der Waals surface area contributed by atoms with Crippen molar-refractivity contribution in [3.63, 3.8) is 0 Å². The fourth-order valence-electron chi connectivity index (χ4n) is 8.83. The maximum atomic E-state index is 15.9. The molecule has 2 aromatic carbocycles. The number of anilines is 2. The molecule has 1 unspecified atom stereocenters. The zero-order chi connectivity index (χ0) is 40.9. The van der Waals surface area contributed by atoms with Crippen LogP contribution in [0.15, 0.2) is 53.7 Å². The molecule has 306 valence electrons. The van der Waals surface area contributed by atoms with Gasteiger partial charge in [0.1, 0.15) is 11.9 Å². The van der Waals surface area contributed by atoms with Crippen LogP contribution in [0.3, 0.4) is 0 Å². The average Bonchev–Trinajstić information content (AvgIpc) is 3.86. The minimum absolute atomic E-state index is 0.0117. The summed E-state index contributed by atoms with van der Waals surface area (Å²) in [4.78, 5) is 68.5. The third-order valence-electron chi connectivity index (χ3n) is 12.0. The van der Waals surface area contributed by atoms with Gasteiger partial charge in [-0.15, -0.1) is 0 Å². The first-order valence-electron chi connectivity index (χ1n) is 20.3. The quantitative estimate of drug-likeness (QED) is 0.278. The van der Waals surface area contributed by atoms with Crippen molar-refractivity contribution in [2.45, 2.75) is 65.2 Å². The minimum Gasteiger partial charge on any atom is -0.477 e. The highest BCUT2D eigenvalue weighted by atomic mass is 19.1. The normalized spacial score (nSPS) is 22.3. The van der Waals surface area contributed by atoms with Gasteiger partial charge in [-0.1, -0.05) is 19.1 Å². The Morgan fingerprint density at radius 3 is 2.53 bits per heavy atom. The molecule has 4 amide bonds. The third-order valence-corrected chi connectivity index (χ3v) is 12.0. The summed E-state index contributed by atoms with van der Waals surface area (Å²) in [5.41, 5.74) is 6.59. The van der Waals surface area contributed by atoms with Crippen molar-refractivity contribution in [3.8, 4) is 17.1 Å². The van der Waals surface area contributed by atoms with Crippen LogP contribution >= 0.6 is 0 Å². The predicted molar refractivity (Wildman–Crippen MR) is 217 cm³/mol. The molecule has 0 radical (unpaired) electrons. The first-order valence-corrected chi connectivity index (χ1v) is 20.3. The maximum absolute atomic E-state index is 15.9. The van der Waals surface area contributed by atoms with Crippen LogP contribution in [0.2, 0.25) is 0 Å². The van der Waals surface area contributed by atoms with Crippen LogP contribution in [0.1, 0.15) is 75.7 Å². The predicted octanol–water partition coefficient (Wildman–Crippen LogP) is 4.25. The fraction of sp³-hybridized carbons (Fsp3) is 0.419. The van der Waals surface area contributed by atoms with E-state index in [0.717, 1.165) is 68.1 Å². The van der Waals surface area contributed by atoms with Gasteiger partial charge in [0.25, 0.3) is 11.8 Å². The number of carbonyl (C=O) groups excluding carboxylic acids is 4. The molecule has 2 fully saturated rings. The number of halogens is 1. The van der Waals surface area contributed by atoms with Gasteiger partial charge in [0, 0.05) is 87.2 Å². The number of hydrogen-bond acceptors (Lipinski definition) is 11. The molecule has 2 atom stereocenters. The second kappa shape index (κ2) is 15.6. The van der Waals surface area contributed by atoms with Crippen LogP contribution in [0.4, 0.5) is 15.8 Å². The fourth-order valence-corrected chi connectivity index (χ4v) is 8.83. The number of aromatic nitrogens is 3. The molecule has 2 bridgehead atoms. The van der Waals surface area contributed by atoms with Gasteiger partial charge >= 0.3 is 0 Å². The van der Waals surface area contributed by atoms with Gasteiger partial charge in [-0.05, 0) is 68.0 Å². The lowest BCUT2D eigenvalue weighted by Gasteiger charge is -2.35. The van der Waals surface area contributed by atoms with Gasteiger partial charge in [-0.3, -0.25) is 39.3 Å². The molecule has 4 aromatic rings. The number of aryl methyl sites for hydroxylation is 2. The lowest BCUT2D eigenvalue weighted by Crippen LogP contribution is -2.52. The van der Waals surface area contributed by atoms with Crippen molar-refractivity contribution in [3.05, 3.63) is 88.0 Å². The van der Waals surface area contributed by atoms with Crippen molar-refractivity contribution < 1.29 is 28.3 Å². The second-order valence-electron chi connectivity index (χ2n) is 16.3. The van der Waals surface area contributed by atoms with E-state index in [-0.39, 0.29) is 48.6 Å². The number of nitrogens with one attached hydrogen (secondary N) is 2.